The molecule has 1 aliphatic heterocycles. The van der Waals surface area contributed by atoms with E-state index in [9.17, 15) is 8.42 Å². The van der Waals surface area contributed by atoms with Crippen LogP contribution in [-0.2, 0) is 10.2 Å². The third kappa shape index (κ3) is 2.71. The van der Waals surface area contributed by atoms with Gasteiger partial charge >= 0.3 is 0 Å². The van der Waals surface area contributed by atoms with Gasteiger partial charge in [0.2, 0.25) is 0 Å². The highest BCUT2D eigenvalue weighted by molar-refractivity contribution is 7.86. The fourth-order valence-electron chi connectivity index (χ4n) is 1.34. The number of nitrogens with two attached hydrogens (primary N) is 1. The van der Waals surface area contributed by atoms with E-state index in [0.717, 1.165) is 19.5 Å². The summed E-state index contributed by atoms with van der Waals surface area (Å²) in [6.07, 6.45) is 1.03. The third-order valence-corrected chi connectivity index (χ3v) is 3.13. The Bertz CT molecular complexity index is 233. The van der Waals surface area contributed by atoms with Gasteiger partial charge in [0.05, 0.1) is 0 Å². The van der Waals surface area contributed by atoms with Crippen molar-refractivity contribution in [3.63, 3.8) is 0 Å². The van der Waals surface area contributed by atoms with Gasteiger partial charge in [0.15, 0.2) is 0 Å². The Morgan fingerprint density at radius 1 is 1.67 bits per heavy atom. The number of rotatable bonds is 3. The van der Waals surface area contributed by atoms with Gasteiger partial charge < -0.3 is 5.32 Å². The molecule has 6 heteroatoms. The van der Waals surface area contributed by atoms with Crippen LogP contribution in [0.4, 0.5) is 0 Å². The molecule has 72 valence electrons. The van der Waals surface area contributed by atoms with Crippen LogP contribution >= 0.6 is 0 Å². The van der Waals surface area contributed by atoms with Crippen LogP contribution in [0.2, 0.25) is 0 Å². The summed E-state index contributed by atoms with van der Waals surface area (Å²) in [5, 5.41) is 8.10. The van der Waals surface area contributed by atoms with Crippen LogP contribution in [0.25, 0.3) is 0 Å². The Hall–Kier alpha value is -0.170. The summed E-state index contributed by atoms with van der Waals surface area (Å²) in [7, 11) is -1.98. The Balaban J connectivity index is 2.40. The summed E-state index contributed by atoms with van der Waals surface area (Å²) in [6, 6.07) is 0. The van der Waals surface area contributed by atoms with Crippen molar-refractivity contribution >= 4 is 10.2 Å². The molecule has 0 bridgehead atoms. The van der Waals surface area contributed by atoms with Crippen LogP contribution in [-0.4, -0.2) is 39.4 Å². The van der Waals surface area contributed by atoms with E-state index >= 15 is 0 Å². The summed E-state index contributed by atoms with van der Waals surface area (Å²) >= 11 is 0. The van der Waals surface area contributed by atoms with Crippen molar-refractivity contribution in [3.8, 4) is 0 Å². The molecule has 1 aliphatic rings. The predicted octanol–water partition coefficient (Wildman–Crippen LogP) is -1.27. The first-order chi connectivity index (χ1) is 5.50. The minimum atomic E-state index is -3.48. The highest BCUT2D eigenvalue weighted by atomic mass is 32.2. The van der Waals surface area contributed by atoms with Crippen molar-refractivity contribution < 1.29 is 8.42 Å². The number of hydrogen-bond donors (Lipinski definition) is 2. The first kappa shape index (κ1) is 9.91. The van der Waals surface area contributed by atoms with E-state index in [-0.39, 0.29) is 0 Å². The molecule has 0 aromatic carbocycles. The Morgan fingerprint density at radius 3 is 2.75 bits per heavy atom. The van der Waals surface area contributed by atoms with Crippen LogP contribution in [0.3, 0.4) is 0 Å². The van der Waals surface area contributed by atoms with E-state index in [1.54, 1.807) is 0 Å². The van der Waals surface area contributed by atoms with Gasteiger partial charge in [0, 0.05) is 13.6 Å². The highest BCUT2D eigenvalue weighted by Crippen LogP contribution is 2.09. The molecule has 1 atom stereocenters. The van der Waals surface area contributed by atoms with Gasteiger partial charge in [-0.3, -0.25) is 0 Å². The van der Waals surface area contributed by atoms with Crippen LogP contribution in [0.5, 0.6) is 0 Å². The van der Waals surface area contributed by atoms with Gasteiger partial charge in [-0.2, -0.15) is 12.7 Å². The maximum atomic E-state index is 10.8. The van der Waals surface area contributed by atoms with Gasteiger partial charge in [-0.05, 0) is 25.4 Å². The summed E-state index contributed by atoms with van der Waals surface area (Å²) in [5.74, 6) is 0.410. The lowest BCUT2D eigenvalue weighted by molar-refractivity contribution is 0.400. The second-order valence-corrected chi connectivity index (χ2v) is 4.84. The van der Waals surface area contributed by atoms with Crippen LogP contribution in [0, 0.1) is 5.92 Å². The minimum absolute atomic E-state index is 0.410. The lowest BCUT2D eigenvalue weighted by Gasteiger charge is -2.17. The number of hydrogen-bond acceptors (Lipinski definition) is 3. The smallest absolute Gasteiger partial charge is 0.276 e. The van der Waals surface area contributed by atoms with Gasteiger partial charge in [-0.15, -0.1) is 0 Å². The van der Waals surface area contributed by atoms with Crippen LogP contribution < -0.4 is 10.5 Å². The van der Waals surface area contributed by atoms with Crippen molar-refractivity contribution in [1.29, 1.82) is 0 Å². The molecule has 1 saturated heterocycles. The molecule has 1 fully saturated rings. The molecular formula is C6H15N3O2S. The van der Waals surface area contributed by atoms with E-state index in [0.29, 0.717) is 12.5 Å². The zero-order valence-corrected chi connectivity index (χ0v) is 7.97. The molecule has 0 aromatic rings. The van der Waals surface area contributed by atoms with E-state index in [4.69, 9.17) is 5.14 Å². The quantitative estimate of drug-likeness (QED) is 0.587. The second-order valence-electron chi connectivity index (χ2n) is 3.18. The minimum Gasteiger partial charge on any atom is -0.316 e. The second kappa shape index (κ2) is 3.69. The van der Waals surface area contributed by atoms with Crippen molar-refractivity contribution in [2.45, 2.75) is 6.42 Å². The fraction of sp³-hybridized carbons (Fsp3) is 1.00. The zero-order chi connectivity index (χ0) is 9.19. The fourth-order valence-corrected chi connectivity index (χ4v) is 1.76. The lowest BCUT2D eigenvalue weighted by Crippen LogP contribution is -2.37. The normalized spacial score (nSPS) is 25.1. The largest absolute Gasteiger partial charge is 0.316 e. The summed E-state index contributed by atoms with van der Waals surface area (Å²) in [5.41, 5.74) is 0. The molecule has 0 amide bonds. The molecule has 0 saturated carbocycles. The number of nitrogens with zero attached hydrogens (tertiary/aromatic N) is 1. The van der Waals surface area contributed by atoms with Crippen molar-refractivity contribution in [2.24, 2.45) is 11.1 Å². The van der Waals surface area contributed by atoms with Crippen molar-refractivity contribution in [1.82, 2.24) is 9.62 Å². The maximum absolute atomic E-state index is 10.8. The average molecular weight is 193 g/mol. The molecule has 0 spiro atoms. The van der Waals surface area contributed by atoms with E-state index < -0.39 is 10.2 Å². The van der Waals surface area contributed by atoms with Gasteiger partial charge in [0.25, 0.3) is 10.2 Å². The Morgan fingerprint density at radius 2 is 2.33 bits per heavy atom. The molecule has 1 unspecified atom stereocenters. The topological polar surface area (TPSA) is 75.4 Å². The van der Waals surface area contributed by atoms with Gasteiger partial charge in [-0.1, -0.05) is 0 Å². The SMILES string of the molecule is CN(CC1CCNC1)S(N)(=O)=O. The third-order valence-electron chi connectivity index (χ3n) is 2.11. The van der Waals surface area contributed by atoms with Crippen LogP contribution in [0.1, 0.15) is 6.42 Å². The van der Waals surface area contributed by atoms with Gasteiger partial charge in [-0.25, -0.2) is 5.14 Å². The summed E-state index contributed by atoms with van der Waals surface area (Å²) in [4.78, 5) is 0. The highest BCUT2D eigenvalue weighted by Gasteiger charge is 2.20. The average Bonchev–Trinajstić information content (AvgIpc) is 2.37. The molecule has 0 aromatic heterocycles. The summed E-state index contributed by atoms with van der Waals surface area (Å²) in [6.45, 7) is 2.38. The Labute approximate surface area is 73.1 Å². The van der Waals surface area contributed by atoms with E-state index in [1.807, 2.05) is 0 Å². The molecule has 5 nitrogen and oxygen atoms in total. The van der Waals surface area contributed by atoms with Gasteiger partial charge in [0.1, 0.15) is 0 Å². The molecule has 0 aliphatic carbocycles. The Kier molecular flexibility index (Phi) is 3.05. The van der Waals surface area contributed by atoms with Crippen molar-refractivity contribution in [2.75, 3.05) is 26.7 Å². The molecule has 12 heavy (non-hydrogen) atoms. The first-order valence-corrected chi connectivity index (χ1v) is 5.45. The molecule has 0 radical (unpaired) electrons. The molecular weight excluding hydrogens is 178 g/mol. The zero-order valence-electron chi connectivity index (χ0n) is 7.16. The lowest BCUT2D eigenvalue weighted by atomic mass is 10.1. The molecule has 1 heterocycles. The van der Waals surface area contributed by atoms with Crippen molar-refractivity contribution in [3.05, 3.63) is 0 Å². The maximum Gasteiger partial charge on any atom is 0.276 e. The van der Waals surface area contributed by atoms with E-state index in [2.05, 4.69) is 5.32 Å². The molecule has 1 rings (SSSR count). The summed E-state index contributed by atoms with van der Waals surface area (Å²) < 4.78 is 22.8. The van der Waals surface area contributed by atoms with E-state index in [1.165, 1.54) is 11.4 Å². The monoisotopic (exact) mass is 193 g/mol. The number of nitrogens with one attached hydrogen (secondary N) is 1. The standard InChI is InChI=1S/C6H15N3O2S/c1-9(12(7,10)11)5-6-2-3-8-4-6/h6,8H,2-5H2,1H3,(H2,7,10,11). The first-order valence-electron chi connectivity index (χ1n) is 3.95. The molecule has 3 N–H and O–H groups in total. The van der Waals surface area contributed by atoms with Crippen LogP contribution in [0.15, 0.2) is 0 Å². The predicted molar refractivity (Wildman–Crippen MR) is 46.7 cm³/mol.